The molecule has 1 heterocycles. The van der Waals surface area contributed by atoms with Crippen LogP contribution in [0.2, 0.25) is 0 Å². The number of rotatable bonds is 3. The van der Waals surface area contributed by atoms with E-state index in [-0.39, 0.29) is 0 Å². The molecule has 1 aliphatic carbocycles. The first-order valence-corrected chi connectivity index (χ1v) is 5.98. The van der Waals surface area contributed by atoms with Crippen LogP contribution in [-0.4, -0.2) is 30.1 Å². The lowest BCUT2D eigenvalue weighted by molar-refractivity contribution is 0.178. The second-order valence-electron chi connectivity index (χ2n) is 5.80. The quantitative estimate of drug-likeness (QED) is 0.744. The van der Waals surface area contributed by atoms with Crippen LogP contribution < -0.4 is 5.73 Å². The molecule has 0 radical (unpaired) electrons. The Morgan fingerprint density at radius 2 is 1.86 bits per heavy atom. The fourth-order valence-electron chi connectivity index (χ4n) is 3.11. The van der Waals surface area contributed by atoms with Gasteiger partial charge in [0.15, 0.2) is 0 Å². The SMILES string of the molecule is CCC(N)C(C)N1CC2C(C1)C2(C)C. The molecule has 1 saturated carbocycles. The molecular formula is C12H24N2. The smallest absolute Gasteiger partial charge is 0.0219 e. The van der Waals surface area contributed by atoms with Crippen LogP contribution in [0, 0.1) is 17.3 Å². The van der Waals surface area contributed by atoms with Gasteiger partial charge in [-0.25, -0.2) is 0 Å². The molecule has 2 fully saturated rings. The molecule has 0 amide bonds. The summed E-state index contributed by atoms with van der Waals surface area (Å²) >= 11 is 0. The van der Waals surface area contributed by atoms with Gasteiger partial charge < -0.3 is 5.73 Å². The molecule has 0 bridgehead atoms. The van der Waals surface area contributed by atoms with Crippen LogP contribution >= 0.6 is 0 Å². The van der Waals surface area contributed by atoms with Crippen LogP contribution in [-0.2, 0) is 0 Å². The van der Waals surface area contributed by atoms with E-state index in [1.165, 1.54) is 13.1 Å². The summed E-state index contributed by atoms with van der Waals surface area (Å²) in [5, 5.41) is 0. The number of hydrogen-bond acceptors (Lipinski definition) is 2. The number of nitrogens with zero attached hydrogens (tertiary/aromatic N) is 1. The first-order valence-electron chi connectivity index (χ1n) is 5.98. The lowest BCUT2D eigenvalue weighted by Crippen LogP contribution is -2.46. The maximum atomic E-state index is 6.08. The highest BCUT2D eigenvalue weighted by Gasteiger charge is 2.62. The van der Waals surface area contributed by atoms with Gasteiger partial charge in [-0.2, -0.15) is 0 Å². The average Bonchev–Trinajstić information content (AvgIpc) is 2.60. The molecule has 0 spiro atoms. The molecule has 2 nitrogen and oxygen atoms in total. The van der Waals surface area contributed by atoms with Gasteiger partial charge in [0.1, 0.15) is 0 Å². The highest BCUT2D eigenvalue weighted by molar-refractivity contribution is 5.12. The Morgan fingerprint density at radius 3 is 2.29 bits per heavy atom. The molecule has 2 N–H and O–H groups in total. The Hall–Kier alpha value is -0.0800. The van der Waals surface area contributed by atoms with Crippen LogP contribution in [0.3, 0.4) is 0 Å². The molecule has 0 aromatic heterocycles. The molecular weight excluding hydrogens is 172 g/mol. The van der Waals surface area contributed by atoms with Crippen molar-refractivity contribution in [3.63, 3.8) is 0 Å². The standard InChI is InChI=1S/C12H24N2/c1-5-11(13)8(2)14-6-9-10(7-14)12(9,3)4/h8-11H,5-7,13H2,1-4H3. The summed E-state index contributed by atoms with van der Waals surface area (Å²) < 4.78 is 0. The number of hydrogen-bond donors (Lipinski definition) is 1. The third kappa shape index (κ3) is 1.40. The molecule has 2 aliphatic rings. The van der Waals surface area contributed by atoms with Crippen molar-refractivity contribution < 1.29 is 0 Å². The molecule has 0 aromatic carbocycles. The van der Waals surface area contributed by atoms with Gasteiger partial charge in [0.05, 0.1) is 0 Å². The highest BCUT2D eigenvalue weighted by Crippen LogP contribution is 2.62. The summed E-state index contributed by atoms with van der Waals surface area (Å²) in [4.78, 5) is 2.59. The van der Waals surface area contributed by atoms with E-state index in [1.54, 1.807) is 0 Å². The van der Waals surface area contributed by atoms with Crippen molar-refractivity contribution in [3.05, 3.63) is 0 Å². The van der Waals surface area contributed by atoms with Crippen molar-refractivity contribution in [1.82, 2.24) is 4.90 Å². The largest absolute Gasteiger partial charge is 0.326 e. The molecule has 4 atom stereocenters. The lowest BCUT2D eigenvalue weighted by atomic mass is 10.0. The fourth-order valence-corrected chi connectivity index (χ4v) is 3.11. The summed E-state index contributed by atoms with van der Waals surface area (Å²) in [7, 11) is 0. The highest BCUT2D eigenvalue weighted by atomic mass is 15.2. The fraction of sp³-hybridized carbons (Fsp3) is 1.00. The van der Waals surface area contributed by atoms with Gasteiger partial charge in [-0.05, 0) is 30.6 Å². The van der Waals surface area contributed by atoms with Crippen molar-refractivity contribution in [1.29, 1.82) is 0 Å². The molecule has 0 aromatic rings. The Kier molecular flexibility index (Phi) is 2.39. The minimum absolute atomic E-state index is 0.357. The predicted octanol–water partition coefficient (Wildman–Crippen LogP) is 1.70. The predicted molar refractivity (Wildman–Crippen MR) is 60.1 cm³/mol. The summed E-state index contributed by atoms with van der Waals surface area (Å²) in [6.45, 7) is 11.8. The van der Waals surface area contributed by atoms with Gasteiger partial charge in [0.2, 0.25) is 0 Å². The van der Waals surface area contributed by atoms with E-state index in [4.69, 9.17) is 5.73 Å². The Balaban J connectivity index is 1.88. The topological polar surface area (TPSA) is 29.3 Å². The van der Waals surface area contributed by atoms with Crippen molar-refractivity contribution in [2.75, 3.05) is 13.1 Å². The minimum atomic E-state index is 0.357. The van der Waals surface area contributed by atoms with E-state index in [1.807, 2.05) is 0 Å². The zero-order chi connectivity index (χ0) is 10.5. The van der Waals surface area contributed by atoms with Crippen molar-refractivity contribution in [3.8, 4) is 0 Å². The maximum Gasteiger partial charge on any atom is 0.0219 e. The van der Waals surface area contributed by atoms with Crippen molar-refractivity contribution >= 4 is 0 Å². The average molecular weight is 196 g/mol. The second-order valence-corrected chi connectivity index (χ2v) is 5.80. The Bertz CT molecular complexity index is 210. The summed E-state index contributed by atoms with van der Waals surface area (Å²) in [5.74, 6) is 1.91. The zero-order valence-corrected chi connectivity index (χ0v) is 9.96. The van der Waals surface area contributed by atoms with Crippen LogP contribution in [0.5, 0.6) is 0 Å². The van der Waals surface area contributed by atoms with Crippen LogP contribution in [0.1, 0.15) is 34.1 Å². The van der Waals surface area contributed by atoms with Crippen molar-refractivity contribution in [2.45, 2.75) is 46.2 Å². The zero-order valence-electron chi connectivity index (χ0n) is 9.96. The van der Waals surface area contributed by atoms with E-state index < -0.39 is 0 Å². The summed E-state index contributed by atoms with van der Waals surface area (Å²) in [5.41, 5.74) is 6.71. The summed E-state index contributed by atoms with van der Waals surface area (Å²) in [6, 6.07) is 0.930. The van der Waals surface area contributed by atoms with Crippen LogP contribution in [0.25, 0.3) is 0 Å². The molecule has 2 heteroatoms. The van der Waals surface area contributed by atoms with Crippen molar-refractivity contribution in [2.24, 2.45) is 23.0 Å². The van der Waals surface area contributed by atoms with E-state index in [9.17, 15) is 0 Å². The Morgan fingerprint density at radius 1 is 1.36 bits per heavy atom. The second kappa shape index (κ2) is 3.21. The van der Waals surface area contributed by atoms with E-state index in [2.05, 4.69) is 32.6 Å². The molecule has 1 aliphatic heterocycles. The lowest BCUT2D eigenvalue weighted by Gasteiger charge is -2.31. The maximum absolute atomic E-state index is 6.08. The molecule has 2 rings (SSSR count). The van der Waals surface area contributed by atoms with Gasteiger partial charge in [-0.15, -0.1) is 0 Å². The van der Waals surface area contributed by atoms with Gasteiger partial charge in [-0.1, -0.05) is 20.8 Å². The molecule has 1 saturated heterocycles. The monoisotopic (exact) mass is 196 g/mol. The number of piperidine rings is 1. The van der Waals surface area contributed by atoms with E-state index in [0.717, 1.165) is 18.3 Å². The number of nitrogens with two attached hydrogens (primary N) is 1. The van der Waals surface area contributed by atoms with Gasteiger partial charge >= 0.3 is 0 Å². The number of fused-ring (bicyclic) bond motifs is 1. The third-order valence-corrected chi connectivity index (χ3v) is 4.82. The van der Waals surface area contributed by atoms with Crippen LogP contribution in [0.4, 0.5) is 0 Å². The third-order valence-electron chi connectivity index (χ3n) is 4.82. The van der Waals surface area contributed by atoms with Gasteiger partial charge in [0.25, 0.3) is 0 Å². The van der Waals surface area contributed by atoms with Crippen LogP contribution in [0.15, 0.2) is 0 Å². The first kappa shape index (κ1) is 10.4. The summed E-state index contributed by atoms with van der Waals surface area (Å²) in [6.07, 6.45) is 1.09. The van der Waals surface area contributed by atoms with E-state index in [0.29, 0.717) is 17.5 Å². The van der Waals surface area contributed by atoms with Gasteiger partial charge in [-0.3, -0.25) is 4.90 Å². The van der Waals surface area contributed by atoms with E-state index >= 15 is 0 Å². The molecule has 14 heavy (non-hydrogen) atoms. The Labute approximate surface area is 87.8 Å². The molecule has 4 unspecified atom stereocenters. The molecule has 82 valence electrons. The number of likely N-dealkylation sites (tertiary alicyclic amines) is 1. The first-order chi connectivity index (χ1) is 6.48. The van der Waals surface area contributed by atoms with Gasteiger partial charge in [0, 0.05) is 25.2 Å². The minimum Gasteiger partial charge on any atom is -0.326 e. The normalized spacial score (nSPS) is 39.2.